The summed E-state index contributed by atoms with van der Waals surface area (Å²) in [6, 6.07) is 17.5. The zero-order valence-electron chi connectivity index (χ0n) is 16.5. The van der Waals surface area contributed by atoms with Crippen molar-refractivity contribution in [3.8, 4) is 39.7 Å². The highest BCUT2D eigenvalue weighted by atomic mass is 19.1. The number of fused-ring (bicyclic) bond motifs is 2. The molecule has 3 N–H and O–H groups in total. The van der Waals surface area contributed by atoms with Crippen molar-refractivity contribution in [1.82, 2.24) is 30.1 Å². The number of pyridine rings is 2. The van der Waals surface area contributed by atoms with Crippen LogP contribution < -0.4 is 0 Å². The molecule has 0 aliphatic heterocycles. The lowest BCUT2D eigenvalue weighted by molar-refractivity contribution is 0.473. The van der Waals surface area contributed by atoms with Crippen LogP contribution in [0.25, 0.3) is 56.0 Å². The van der Waals surface area contributed by atoms with Crippen LogP contribution in [0, 0.1) is 5.82 Å². The normalized spacial score (nSPS) is 11.4. The largest absolute Gasteiger partial charge is 0.506 e. The van der Waals surface area contributed by atoms with Gasteiger partial charge in [-0.15, -0.1) is 0 Å². The Morgan fingerprint density at radius 2 is 1.72 bits per heavy atom. The second-order valence-electron chi connectivity index (χ2n) is 7.39. The summed E-state index contributed by atoms with van der Waals surface area (Å²) in [7, 11) is 0. The van der Waals surface area contributed by atoms with E-state index in [0.717, 1.165) is 27.7 Å². The highest BCUT2D eigenvalue weighted by molar-refractivity contribution is 5.96. The fourth-order valence-corrected chi connectivity index (χ4v) is 3.83. The predicted molar refractivity (Wildman–Crippen MR) is 119 cm³/mol. The molecule has 0 fully saturated rings. The first-order valence-electron chi connectivity index (χ1n) is 9.90. The summed E-state index contributed by atoms with van der Waals surface area (Å²) in [6.07, 6.45) is 3.01. The predicted octanol–water partition coefficient (Wildman–Crippen LogP) is 5.07. The Hall–Kier alpha value is -4.59. The fraction of sp³-hybridized carbons (Fsp3) is 0. The molecule has 2 aromatic carbocycles. The van der Waals surface area contributed by atoms with E-state index in [-0.39, 0.29) is 11.6 Å². The molecule has 0 amide bonds. The third-order valence-electron chi connectivity index (χ3n) is 5.30. The van der Waals surface area contributed by atoms with Crippen LogP contribution in [0.1, 0.15) is 0 Å². The highest BCUT2D eigenvalue weighted by Crippen LogP contribution is 2.32. The van der Waals surface area contributed by atoms with Crippen molar-refractivity contribution in [2.24, 2.45) is 0 Å². The molecule has 4 aromatic heterocycles. The van der Waals surface area contributed by atoms with E-state index >= 15 is 0 Å². The number of aromatic nitrogens is 6. The molecule has 0 spiro atoms. The minimum Gasteiger partial charge on any atom is -0.506 e. The van der Waals surface area contributed by atoms with Crippen molar-refractivity contribution in [2.75, 3.05) is 0 Å². The van der Waals surface area contributed by atoms with E-state index in [4.69, 9.17) is 9.97 Å². The number of rotatable bonds is 3. The summed E-state index contributed by atoms with van der Waals surface area (Å²) < 4.78 is 13.8. The van der Waals surface area contributed by atoms with Gasteiger partial charge in [0.05, 0.1) is 28.4 Å². The van der Waals surface area contributed by atoms with Crippen LogP contribution in [0.3, 0.4) is 0 Å². The summed E-state index contributed by atoms with van der Waals surface area (Å²) >= 11 is 0. The lowest BCUT2D eigenvalue weighted by atomic mass is 10.0. The molecule has 6 aromatic rings. The van der Waals surface area contributed by atoms with Crippen LogP contribution in [-0.2, 0) is 0 Å². The van der Waals surface area contributed by atoms with Crippen molar-refractivity contribution in [1.29, 1.82) is 0 Å². The average molecular weight is 422 g/mol. The summed E-state index contributed by atoms with van der Waals surface area (Å²) in [5.74, 6) is 0.319. The van der Waals surface area contributed by atoms with Crippen molar-refractivity contribution < 1.29 is 9.50 Å². The zero-order valence-corrected chi connectivity index (χ0v) is 16.5. The maximum atomic E-state index is 13.8. The van der Waals surface area contributed by atoms with Crippen molar-refractivity contribution in [2.45, 2.75) is 0 Å². The van der Waals surface area contributed by atoms with Gasteiger partial charge >= 0.3 is 0 Å². The average Bonchev–Trinajstić information content (AvgIpc) is 3.42. The van der Waals surface area contributed by atoms with Gasteiger partial charge in [-0.1, -0.05) is 24.3 Å². The van der Waals surface area contributed by atoms with Gasteiger partial charge < -0.3 is 10.1 Å². The molecular formula is C24H15FN6O. The summed E-state index contributed by atoms with van der Waals surface area (Å²) in [5, 5.41) is 17.2. The van der Waals surface area contributed by atoms with Gasteiger partial charge in [-0.25, -0.2) is 14.4 Å². The molecule has 0 radical (unpaired) electrons. The van der Waals surface area contributed by atoms with E-state index in [1.165, 1.54) is 18.3 Å². The number of nitrogens with one attached hydrogen (secondary N) is 2. The van der Waals surface area contributed by atoms with E-state index < -0.39 is 0 Å². The Balaban J connectivity index is 1.51. The minimum atomic E-state index is -0.299. The number of H-pyrrole nitrogens is 2. The van der Waals surface area contributed by atoms with E-state index in [9.17, 15) is 9.50 Å². The van der Waals surface area contributed by atoms with E-state index in [1.807, 2.05) is 36.4 Å². The molecule has 0 saturated carbocycles. The number of imidazole rings is 1. The fourth-order valence-electron chi connectivity index (χ4n) is 3.83. The highest BCUT2D eigenvalue weighted by Gasteiger charge is 2.17. The van der Waals surface area contributed by atoms with Gasteiger partial charge in [-0.3, -0.25) is 10.1 Å². The Kier molecular flexibility index (Phi) is 3.97. The van der Waals surface area contributed by atoms with Crippen LogP contribution in [0.15, 0.2) is 73.1 Å². The monoisotopic (exact) mass is 422 g/mol. The van der Waals surface area contributed by atoms with Crippen LogP contribution in [0.5, 0.6) is 5.75 Å². The second kappa shape index (κ2) is 6.98. The third-order valence-corrected chi connectivity index (χ3v) is 5.30. The van der Waals surface area contributed by atoms with E-state index in [0.29, 0.717) is 28.3 Å². The molecule has 8 heteroatoms. The minimum absolute atomic E-state index is 0.0685. The SMILES string of the molecule is Oc1cncc(-c2ccc3[nH]nc(-c4nc5c(-c6cccc(F)c6)cccc5[nH]4)c3n2)c1. The van der Waals surface area contributed by atoms with E-state index in [2.05, 4.69) is 20.2 Å². The van der Waals surface area contributed by atoms with Crippen LogP contribution in [-0.4, -0.2) is 35.2 Å². The van der Waals surface area contributed by atoms with Gasteiger partial charge in [0.1, 0.15) is 17.1 Å². The molecule has 6 rings (SSSR count). The lowest BCUT2D eigenvalue weighted by Crippen LogP contribution is -1.87. The number of para-hydroxylation sites is 1. The molecule has 4 heterocycles. The Morgan fingerprint density at radius 1 is 0.812 bits per heavy atom. The smallest absolute Gasteiger partial charge is 0.161 e. The van der Waals surface area contributed by atoms with Gasteiger partial charge in [0.15, 0.2) is 11.5 Å². The molecular weight excluding hydrogens is 407 g/mol. The summed E-state index contributed by atoms with van der Waals surface area (Å²) in [6.45, 7) is 0. The van der Waals surface area contributed by atoms with Gasteiger partial charge in [-0.2, -0.15) is 5.10 Å². The molecule has 32 heavy (non-hydrogen) atoms. The Morgan fingerprint density at radius 3 is 2.59 bits per heavy atom. The quantitative estimate of drug-likeness (QED) is 0.369. The lowest BCUT2D eigenvalue weighted by Gasteiger charge is -2.02. The second-order valence-corrected chi connectivity index (χ2v) is 7.39. The molecule has 0 saturated heterocycles. The molecule has 0 atom stereocenters. The first-order chi connectivity index (χ1) is 15.7. The first kappa shape index (κ1) is 18.2. The number of halogens is 1. The first-order valence-corrected chi connectivity index (χ1v) is 9.90. The Bertz CT molecular complexity index is 1620. The van der Waals surface area contributed by atoms with Crippen LogP contribution in [0.4, 0.5) is 4.39 Å². The number of aromatic amines is 2. The van der Waals surface area contributed by atoms with Gasteiger partial charge in [-0.05, 0) is 42.0 Å². The molecule has 0 aliphatic rings. The number of nitrogens with zero attached hydrogens (tertiary/aromatic N) is 4. The summed E-state index contributed by atoms with van der Waals surface area (Å²) in [5.41, 5.74) is 6.40. The molecule has 154 valence electrons. The van der Waals surface area contributed by atoms with Gasteiger partial charge in [0, 0.05) is 17.3 Å². The van der Waals surface area contributed by atoms with E-state index in [1.54, 1.807) is 18.3 Å². The standard InChI is InChI=1S/C24H15FN6O/c25-15-4-1-3-13(9-15)17-5-2-6-19-21(17)29-24(28-19)23-22-20(30-31-23)8-7-18(27-22)14-10-16(32)12-26-11-14/h1-12,32H,(H,28,29)(H,30,31). The zero-order chi connectivity index (χ0) is 21.7. The van der Waals surface area contributed by atoms with Crippen molar-refractivity contribution in [3.05, 3.63) is 78.9 Å². The topological polar surface area (TPSA) is 103 Å². The van der Waals surface area contributed by atoms with Crippen LogP contribution in [0.2, 0.25) is 0 Å². The van der Waals surface area contributed by atoms with Gasteiger partial charge in [0.25, 0.3) is 0 Å². The maximum Gasteiger partial charge on any atom is 0.161 e. The molecule has 7 nitrogen and oxygen atoms in total. The van der Waals surface area contributed by atoms with Crippen LogP contribution >= 0.6 is 0 Å². The molecule has 0 bridgehead atoms. The molecule has 0 unspecified atom stereocenters. The maximum absolute atomic E-state index is 13.8. The van der Waals surface area contributed by atoms with Crippen molar-refractivity contribution >= 4 is 22.1 Å². The number of hydrogen-bond donors (Lipinski definition) is 3. The third kappa shape index (κ3) is 2.97. The number of hydrogen-bond acceptors (Lipinski definition) is 5. The number of benzene rings is 2. The van der Waals surface area contributed by atoms with Crippen molar-refractivity contribution in [3.63, 3.8) is 0 Å². The number of aromatic hydroxyl groups is 1. The summed E-state index contributed by atoms with van der Waals surface area (Å²) in [4.78, 5) is 16.8. The Labute approximate surface area is 180 Å². The van der Waals surface area contributed by atoms with Gasteiger partial charge in [0.2, 0.25) is 0 Å². The molecule has 0 aliphatic carbocycles.